The van der Waals surface area contributed by atoms with Gasteiger partial charge in [0.2, 0.25) is 11.9 Å². The Bertz CT molecular complexity index is 1090. The predicted molar refractivity (Wildman–Crippen MR) is 191 cm³/mol. The molecule has 0 radical (unpaired) electrons. The van der Waals surface area contributed by atoms with Crippen molar-refractivity contribution in [1.82, 2.24) is 30.3 Å². The summed E-state index contributed by atoms with van der Waals surface area (Å²) in [7, 11) is 0. The monoisotopic (exact) mass is 662 g/mol. The summed E-state index contributed by atoms with van der Waals surface area (Å²) < 4.78 is 6.67. The van der Waals surface area contributed by atoms with Gasteiger partial charge in [0.15, 0.2) is 0 Å². The summed E-state index contributed by atoms with van der Waals surface area (Å²) >= 11 is 0. The Kier molecular flexibility index (Phi) is 23.4. The fourth-order valence-electron chi connectivity index (χ4n) is 4.25. The van der Waals surface area contributed by atoms with Gasteiger partial charge in [-0.3, -0.25) is 14.3 Å². The number of carbonyl (C=O) groups is 2. The third-order valence-corrected chi connectivity index (χ3v) is 7.05. The van der Waals surface area contributed by atoms with Crippen LogP contribution < -0.4 is 10.6 Å². The first-order chi connectivity index (χ1) is 22.2. The summed E-state index contributed by atoms with van der Waals surface area (Å²) in [5, 5.41) is 23.4. The molecular formula is C36H67N7O4. The van der Waals surface area contributed by atoms with Crippen LogP contribution in [0.2, 0.25) is 0 Å². The van der Waals surface area contributed by atoms with Crippen molar-refractivity contribution in [3.05, 3.63) is 29.3 Å². The van der Waals surface area contributed by atoms with Crippen LogP contribution >= 0.6 is 0 Å². The van der Waals surface area contributed by atoms with Crippen LogP contribution in [0.3, 0.4) is 0 Å². The Hall–Kier alpha value is -3.08. The number of aryl methyl sites for hydroxylation is 3. The van der Waals surface area contributed by atoms with Crippen molar-refractivity contribution in [2.24, 2.45) is 17.8 Å². The van der Waals surface area contributed by atoms with Crippen LogP contribution in [0.1, 0.15) is 132 Å². The number of aromatic nitrogens is 5. The highest BCUT2D eigenvalue weighted by Gasteiger charge is 2.19. The lowest BCUT2D eigenvalue weighted by Gasteiger charge is -2.25. The van der Waals surface area contributed by atoms with Crippen LogP contribution in [-0.4, -0.2) is 67.2 Å². The second kappa shape index (κ2) is 25.0. The predicted octanol–water partition coefficient (Wildman–Crippen LogP) is 6.58. The average molecular weight is 662 g/mol. The number of amides is 1. The molecule has 0 aromatic carbocycles. The number of aliphatic hydroxyl groups is 1. The number of ether oxygens (including phenoxy) is 1. The van der Waals surface area contributed by atoms with Gasteiger partial charge in [-0.25, -0.2) is 9.97 Å². The molecular weight excluding hydrogens is 594 g/mol. The fraction of sp³-hybridized carbons (Fsp3) is 0.778. The lowest BCUT2D eigenvalue weighted by Crippen LogP contribution is -2.44. The Balaban J connectivity index is 0.000000989. The Morgan fingerprint density at radius 1 is 0.915 bits per heavy atom. The second-order valence-electron chi connectivity index (χ2n) is 13.7. The van der Waals surface area contributed by atoms with Crippen molar-refractivity contribution in [3.63, 3.8) is 0 Å². The van der Waals surface area contributed by atoms with Gasteiger partial charge >= 0.3 is 5.97 Å². The van der Waals surface area contributed by atoms with Crippen molar-refractivity contribution >= 4 is 17.8 Å². The molecule has 11 heteroatoms. The van der Waals surface area contributed by atoms with Crippen LogP contribution in [0.4, 0.5) is 5.95 Å². The zero-order valence-electron chi connectivity index (χ0n) is 31.5. The lowest BCUT2D eigenvalue weighted by atomic mass is 10.0. The van der Waals surface area contributed by atoms with Gasteiger partial charge < -0.3 is 20.5 Å². The van der Waals surface area contributed by atoms with E-state index in [0.29, 0.717) is 62.5 Å². The molecule has 0 fully saturated rings. The van der Waals surface area contributed by atoms with E-state index in [-0.39, 0.29) is 24.0 Å². The summed E-state index contributed by atoms with van der Waals surface area (Å²) in [6, 6.07) is 2.15. The van der Waals surface area contributed by atoms with Gasteiger partial charge in [-0.2, -0.15) is 0 Å². The first-order valence-corrected chi connectivity index (χ1v) is 17.7. The molecule has 0 atom stereocenters. The van der Waals surface area contributed by atoms with E-state index in [9.17, 15) is 9.59 Å². The number of aliphatic hydroxyl groups excluding tert-OH is 1. The molecule has 2 aromatic heterocycles. The molecule has 47 heavy (non-hydrogen) atoms. The second-order valence-corrected chi connectivity index (χ2v) is 13.7. The smallest absolute Gasteiger partial charge is 0.302 e. The third-order valence-electron chi connectivity index (χ3n) is 7.05. The summed E-state index contributed by atoms with van der Waals surface area (Å²) in [6.45, 7) is 24.5. The summed E-state index contributed by atoms with van der Waals surface area (Å²) in [5.74, 6) is 2.38. The van der Waals surface area contributed by atoms with E-state index in [4.69, 9.17) is 9.84 Å². The number of rotatable bonds is 20. The SMILES string of the molecule is CC.CC(=O)OCCc1cn(CCC(C)C)nn1.CC(C)CCc1cc(CCC(C)C)nc(NCCCC(=O)NC(C)(C)CCO)n1. The van der Waals surface area contributed by atoms with Crippen molar-refractivity contribution in [1.29, 1.82) is 0 Å². The average Bonchev–Trinajstić information content (AvgIpc) is 3.44. The number of anilines is 1. The first-order valence-electron chi connectivity index (χ1n) is 17.7. The standard InChI is InChI=1S/C23H42N4O2.C11H19N3O2.C2H6/c1-17(2)9-11-19-16-20(12-10-18(3)4)26-22(25-19)24-14-7-8-21(29)27-23(5,6)13-15-28;1-9(2)4-6-14-8-11(12-13-14)5-7-16-10(3)15;1-2/h16-18,28H,7-15H2,1-6H3,(H,27,29)(H,24,25,26);8-9H,4-7H2,1-3H3;1-2H3. The molecule has 270 valence electrons. The van der Waals surface area contributed by atoms with Gasteiger partial charge in [0, 0.05) is 62.6 Å². The number of hydrogen-bond acceptors (Lipinski definition) is 9. The number of carbonyl (C=O) groups excluding carboxylic acids is 2. The molecule has 0 saturated carbocycles. The molecule has 2 aromatic rings. The van der Waals surface area contributed by atoms with Crippen LogP contribution in [0.5, 0.6) is 0 Å². The van der Waals surface area contributed by atoms with Gasteiger partial charge in [-0.05, 0) is 82.6 Å². The Morgan fingerprint density at radius 2 is 1.49 bits per heavy atom. The van der Waals surface area contributed by atoms with Gasteiger partial charge in [0.05, 0.1) is 12.3 Å². The lowest BCUT2D eigenvalue weighted by molar-refractivity contribution is -0.140. The minimum atomic E-state index is -0.377. The van der Waals surface area contributed by atoms with Crippen molar-refractivity contribution in [2.45, 2.75) is 146 Å². The molecule has 0 aliphatic heterocycles. The molecule has 0 spiro atoms. The van der Waals surface area contributed by atoms with Gasteiger partial charge in [0.25, 0.3) is 0 Å². The molecule has 1 amide bonds. The number of nitrogens with one attached hydrogen (secondary N) is 2. The van der Waals surface area contributed by atoms with E-state index in [0.717, 1.165) is 55.7 Å². The van der Waals surface area contributed by atoms with E-state index in [2.05, 4.69) is 78.5 Å². The largest absolute Gasteiger partial charge is 0.465 e. The first kappa shape index (κ1) is 43.9. The van der Waals surface area contributed by atoms with Crippen molar-refractivity contribution in [3.8, 4) is 0 Å². The summed E-state index contributed by atoms with van der Waals surface area (Å²) in [5.41, 5.74) is 2.68. The zero-order valence-corrected chi connectivity index (χ0v) is 31.5. The summed E-state index contributed by atoms with van der Waals surface area (Å²) in [6.07, 6.45) is 9.48. The maximum absolute atomic E-state index is 12.1. The minimum absolute atomic E-state index is 0.00877. The topological polar surface area (TPSA) is 144 Å². The van der Waals surface area contributed by atoms with Crippen LogP contribution in [-0.2, 0) is 40.1 Å². The maximum Gasteiger partial charge on any atom is 0.302 e. The Labute approximate surface area is 285 Å². The van der Waals surface area contributed by atoms with E-state index in [1.807, 2.05) is 38.6 Å². The molecule has 11 nitrogen and oxygen atoms in total. The van der Waals surface area contributed by atoms with Crippen molar-refractivity contribution < 1.29 is 19.4 Å². The minimum Gasteiger partial charge on any atom is -0.465 e. The molecule has 0 saturated heterocycles. The van der Waals surface area contributed by atoms with Crippen LogP contribution in [0.25, 0.3) is 0 Å². The molecule has 0 bridgehead atoms. The number of nitrogens with zero attached hydrogens (tertiary/aromatic N) is 5. The fourth-order valence-corrected chi connectivity index (χ4v) is 4.25. The highest BCUT2D eigenvalue weighted by molar-refractivity contribution is 5.76. The van der Waals surface area contributed by atoms with Gasteiger partial charge in [-0.1, -0.05) is 60.6 Å². The molecule has 0 unspecified atom stereocenters. The molecule has 3 N–H and O–H groups in total. The molecule has 2 rings (SSSR count). The maximum atomic E-state index is 12.1. The van der Waals surface area contributed by atoms with E-state index in [1.165, 1.54) is 6.92 Å². The zero-order chi connectivity index (χ0) is 35.8. The molecule has 0 aliphatic rings. The summed E-state index contributed by atoms with van der Waals surface area (Å²) in [4.78, 5) is 32.0. The molecule has 2 heterocycles. The highest BCUT2D eigenvalue weighted by atomic mass is 16.5. The highest BCUT2D eigenvalue weighted by Crippen LogP contribution is 2.15. The molecule has 0 aliphatic carbocycles. The number of hydrogen-bond donors (Lipinski definition) is 3. The van der Waals surface area contributed by atoms with Crippen molar-refractivity contribution in [2.75, 3.05) is 25.1 Å². The van der Waals surface area contributed by atoms with Gasteiger partial charge in [-0.15, -0.1) is 5.10 Å². The van der Waals surface area contributed by atoms with E-state index in [1.54, 1.807) is 0 Å². The Morgan fingerprint density at radius 3 is 2.00 bits per heavy atom. The number of esters is 1. The quantitative estimate of drug-likeness (QED) is 0.106. The normalized spacial score (nSPS) is 11.1. The van der Waals surface area contributed by atoms with Crippen LogP contribution in [0, 0.1) is 17.8 Å². The third kappa shape index (κ3) is 23.8. The van der Waals surface area contributed by atoms with E-state index >= 15 is 0 Å². The van der Waals surface area contributed by atoms with Gasteiger partial charge in [0.1, 0.15) is 0 Å². The van der Waals surface area contributed by atoms with Crippen LogP contribution in [0.15, 0.2) is 12.3 Å². The van der Waals surface area contributed by atoms with E-state index < -0.39 is 0 Å².